The number of rotatable bonds is 5. The smallest absolute Gasteiger partial charge is 0.415 e. The highest BCUT2D eigenvalue weighted by atomic mass is 32.2. The van der Waals surface area contributed by atoms with Crippen molar-refractivity contribution >= 4 is 38.9 Å². The van der Waals surface area contributed by atoms with E-state index < -0.39 is 21.5 Å². The first-order chi connectivity index (χ1) is 19.3. The van der Waals surface area contributed by atoms with Crippen LogP contribution >= 0.6 is 0 Å². The summed E-state index contributed by atoms with van der Waals surface area (Å²) in [5.74, 6) is 0.733. The predicted octanol–water partition coefficient (Wildman–Crippen LogP) is 3.87. The summed E-state index contributed by atoms with van der Waals surface area (Å²) < 4.78 is 34.8. The van der Waals surface area contributed by atoms with Crippen molar-refractivity contribution in [2.24, 2.45) is 0 Å². The molecule has 41 heavy (non-hydrogen) atoms. The topological polar surface area (TPSA) is 140 Å². The summed E-state index contributed by atoms with van der Waals surface area (Å²) in [5, 5.41) is 3.19. The minimum Gasteiger partial charge on any atom is -0.474 e. The fourth-order valence-corrected chi connectivity index (χ4v) is 5.71. The molecule has 13 heteroatoms. The fraction of sp³-hybridized carbons (Fsp3) is 0.464. The zero-order chi connectivity index (χ0) is 29.5. The Hall–Kier alpha value is -4.00. The summed E-state index contributed by atoms with van der Waals surface area (Å²) in [6.45, 7) is 11.3. The SMILES string of the molecule is Cc1cc(Nc2ncc3c(n2)CN(c2cnc4c(c2C)N(C(=O)OC(C)(C)C)CCO4)CC3)cnc1CS(C)(=O)=O. The number of carbonyl (C=O) groups excluding carboxylic acids is 1. The largest absolute Gasteiger partial charge is 0.474 e. The van der Waals surface area contributed by atoms with Gasteiger partial charge < -0.3 is 19.7 Å². The van der Waals surface area contributed by atoms with Gasteiger partial charge in [0.1, 0.15) is 17.9 Å². The van der Waals surface area contributed by atoms with Gasteiger partial charge in [-0.25, -0.2) is 28.2 Å². The molecule has 0 aliphatic carbocycles. The lowest BCUT2D eigenvalue weighted by atomic mass is 10.0. The quantitative estimate of drug-likeness (QED) is 0.470. The third-order valence-electron chi connectivity index (χ3n) is 6.81. The second kappa shape index (κ2) is 10.8. The lowest BCUT2D eigenvalue weighted by Gasteiger charge is -2.35. The number of aromatic nitrogens is 4. The minimum absolute atomic E-state index is 0.108. The predicted molar refractivity (Wildman–Crippen MR) is 156 cm³/mol. The number of hydrogen-bond donors (Lipinski definition) is 1. The number of fused-ring (bicyclic) bond motifs is 2. The number of hydrogen-bond acceptors (Lipinski definition) is 11. The molecule has 5 rings (SSSR count). The van der Waals surface area contributed by atoms with Crippen molar-refractivity contribution in [2.45, 2.75) is 58.9 Å². The van der Waals surface area contributed by atoms with Gasteiger partial charge in [-0.3, -0.25) is 9.88 Å². The molecule has 218 valence electrons. The van der Waals surface area contributed by atoms with Gasteiger partial charge in [-0.2, -0.15) is 0 Å². The molecular formula is C28H35N7O5S. The number of aryl methyl sites for hydroxylation is 1. The molecule has 12 nitrogen and oxygen atoms in total. The van der Waals surface area contributed by atoms with E-state index in [4.69, 9.17) is 14.5 Å². The molecule has 5 heterocycles. The van der Waals surface area contributed by atoms with Gasteiger partial charge in [0.25, 0.3) is 0 Å². The molecule has 3 aromatic heterocycles. The molecule has 0 saturated heterocycles. The van der Waals surface area contributed by atoms with Crippen LogP contribution in [0, 0.1) is 13.8 Å². The summed E-state index contributed by atoms with van der Waals surface area (Å²) in [6.07, 6.45) is 6.71. The second-order valence-corrected chi connectivity index (χ2v) is 13.6. The molecule has 2 aliphatic heterocycles. The maximum Gasteiger partial charge on any atom is 0.415 e. The average molecular weight is 582 g/mol. The van der Waals surface area contributed by atoms with Crippen LogP contribution < -0.4 is 19.9 Å². The van der Waals surface area contributed by atoms with Crippen LogP contribution in [0.5, 0.6) is 5.88 Å². The van der Waals surface area contributed by atoms with E-state index in [0.717, 1.165) is 41.0 Å². The number of nitrogens with one attached hydrogen (secondary N) is 1. The van der Waals surface area contributed by atoms with Crippen molar-refractivity contribution in [3.8, 4) is 5.88 Å². The van der Waals surface area contributed by atoms with E-state index in [1.54, 1.807) is 17.3 Å². The van der Waals surface area contributed by atoms with Gasteiger partial charge in [0.2, 0.25) is 11.8 Å². The van der Waals surface area contributed by atoms with Crippen molar-refractivity contribution in [3.05, 3.63) is 52.7 Å². The van der Waals surface area contributed by atoms with Crippen LogP contribution in [-0.4, -0.2) is 66.0 Å². The fourth-order valence-electron chi connectivity index (χ4n) is 4.92. The Kier molecular flexibility index (Phi) is 7.49. The highest BCUT2D eigenvalue weighted by molar-refractivity contribution is 7.89. The Morgan fingerprint density at radius 2 is 1.90 bits per heavy atom. The summed E-state index contributed by atoms with van der Waals surface area (Å²) in [5.41, 5.74) is 5.68. The summed E-state index contributed by atoms with van der Waals surface area (Å²) >= 11 is 0. The summed E-state index contributed by atoms with van der Waals surface area (Å²) in [7, 11) is -3.18. The van der Waals surface area contributed by atoms with Crippen molar-refractivity contribution in [1.29, 1.82) is 0 Å². The second-order valence-electron chi connectivity index (χ2n) is 11.4. The molecule has 0 fully saturated rings. The van der Waals surface area contributed by atoms with E-state index in [0.29, 0.717) is 48.6 Å². The standard InChI is InChI=1S/C28H35N7O5S/c1-17-11-20(13-29-22(17)16-41(6,37)38)32-26-31-12-19-7-8-34(15-21(19)33-26)23-14-30-25-24(18(23)2)35(9-10-39-25)27(36)40-28(3,4)5/h11-14H,7-10,15-16H2,1-6H3,(H,31,32,33). The first kappa shape index (κ1) is 28.5. The zero-order valence-corrected chi connectivity index (χ0v) is 25.0. The summed E-state index contributed by atoms with van der Waals surface area (Å²) in [6, 6.07) is 1.84. The first-order valence-corrected chi connectivity index (χ1v) is 15.5. The molecule has 0 atom stereocenters. The van der Waals surface area contributed by atoms with Crippen LogP contribution in [0.2, 0.25) is 0 Å². The van der Waals surface area contributed by atoms with Crippen LogP contribution in [0.4, 0.5) is 27.8 Å². The number of amides is 1. The number of pyridine rings is 2. The highest BCUT2D eigenvalue weighted by Crippen LogP contribution is 2.39. The number of nitrogens with zero attached hydrogens (tertiary/aromatic N) is 6. The van der Waals surface area contributed by atoms with Crippen LogP contribution in [0.15, 0.2) is 24.7 Å². The molecule has 0 spiro atoms. The molecule has 0 aromatic carbocycles. The number of sulfone groups is 1. The van der Waals surface area contributed by atoms with E-state index in [1.165, 1.54) is 6.26 Å². The minimum atomic E-state index is -3.18. The summed E-state index contributed by atoms with van der Waals surface area (Å²) in [4.78, 5) is 34.9. The van der Waals surface area contributed by atoms with Crippen LogP contribution in [0.1, 0.15) is 48.8 Å². The molecular weight excluding hydrogens is 546 g/mol. The molecule has 3 aromatic rings. The van der Waals surface area contributed by atoms with E-state index in [2.05, 4.69) is 25.2 Å². The Morgan fingerprint density at radius 3 is 2.61 bits per heavy atom. The normalized spacial score (nSPS) is 15.1. The Balaban J connectivity index is 1.37. The molecule has 2 aliphatic rings. The molecule has 0 radical (unpaired) electrons. The number of carbonyl (C=O) groups is 1. The lowest BCUT2D eigenvalue weighted by molar-refractivity contribution is 0.0566. The van der Waals surface area contributed by atoms with E-state index in [9.17, 15) is 13.2 Å². The van der Waals surface area contributed by atoms with Crippen LogP contribution in [0.25, 0.3) is 0 Å². The van der Waals surface area contributed by atoms with E-state index in [1.807, 2.05) is 46.9 Å². The zero-order valence-electron chi connectivity index (χ0n) is 24.2. The Morgan fingerprint density at radius 1 is 1.12 bits per heavy atom. The van der Waals surface area contributed by atoms with Gasteiger partial charge in [0.05, 0.1) is 54.0 Å². The van der Waals surface area contributed by atoms with Gasteiger partial charge in [0.15, 0.2) is 9.84 Å². The van der Waals surface area contributed by atoms with Gasteiger partial charge in [0, 0.05) is 24.6 Å². The molecule has 1 N–H and O–H groups in total. The van der Waals surface area contributed by atoms with Crippen molar-refractivity contribution in [1.82, 2.24) is 19.9 Å². The lowest BCUT2D eigenvalue weighted by Crippen LogP contribution is -2.42. The Bertz CT molecular complexity index is 1600. The maximum absolute atomic E-state index is 13.0. The maximum atomic E-state index is 13.0. The highest BCUT2D eigenvalue weighted by Gasteiger charge is 2.32. The third kappa shape index (κ3) is 6.50. The number of ether oxygens (including phenoxy) is 2. The third-order valence-corrected chi connectivity index (χ3v) is 7.61. The van der Waals surface area contributed by atoms with Gasteiger partial charge in [-0.05, 0) is 58.2 Å². The first-order valence-electron chi connectivity index (χ1n) is 13.4. The van der Waals surface area contributed by atoms with Gasteiger partial charge in [-0.15, -0.1) is 0 Å². The van der Waals surface area contributed by atoms with Crippen LogP contribution in [0.3, 0.4) is 0 Å². The van der Waals surface area contributed by atoms with E-state index in [-0.39, 0.29) is 5.75 Å². The van der Waals surface area contributed by atoms with Crippen molar-refractivity contribution in [3.63, 3.8) is 0 Å². The molecule has 0 unspecified atom stereocenters. The monoisotopic (exact) mass is 581 g/mol. The van der Waals surface area contributed by atoms with Crippen molar-refractivity contribution < 1.29 is 22.7 Å². The Labute approximate surface area is 240 Å². The van der Waals surface area contributed by atoms with Crippen molar-refractivity contribution in [2.75, 3.05) is 41.1 Å². The molecule has 0 bridgehead atoms. The average Bonchev–Trinajstić information content (AvgIpc) is 2.88. The van der Waals surface area contributed by atoms with Crippen LogP contribution in [-0.2, 0) is 33.3 Å². The van der Waals surface area contributed by atoms with Gasteiger partial charge >= 0.3 is 6.09 Å². The van der Waals surface area contributed by atoms with Gasteiger partial charge in [-0.1, -0.05) is 0 Å². The van der Waals surface area contributed by atoms with E-state index >= 15 is 0 Å². The number of anilines is 4. The molecule has 0 saturated carbocycles. The molecule has 1 amide bonds.